The molecule has 1 aromatic carbocycles. The summed E-state index contributed by atoms with van der Waals surface area (Å²) in [6, 6.07) is 7.21. The summed E-state index contributed by atoms with van der Waals surface area (Å²) in [5, 5.41) is 0. The molecule has 2 heteroatoms. The van der Waals surface area contributed by atoms with Crippen molar-refractivity contribution in [2.75, 3.05) is 11.5 Å². The Morgan fingerprint density at radius 1 is 0.773 bits per heavy atom. The van der Waals surface area contributed by atoms with Crippen LogP contribution in [0.2, 0.25) is 0 Å². The molecule has 22 heavy (non-hydrogen) atoms. The first kappa shape index (κ1) is 20.0. The van der Waals surface area contributed by atoms with Crippen molar-refractivity contribution in [1.82, 2.24) is 0 Å². The fourth-order valence-corrected chi connectivity index (χ4v) is 4.49. The summed E-state index contributed by atoms with van der Waals surface area (Å²) in [7, 11) is 0. The molecule has 0 fully saturated rings. The van der Waals surface area contributed by atoms with Crippen LogP contribution in [0.15, 0.2) is 28.0 Å². The molecular weight excluding hydrogens is 304 g/mol. The Labute approximate surface area is 147 Å². The highest BCUT2D eigenvalue weighted by atomic mass is 32.2. The zero-order valence-corrected chi connectivity index (χ0v) is 16.2. The largest absolute Gasteiger partial charge is 0.126 e. The lowest BCUT2D eigenvalue weighted by molar-refractivity contribution is 0.778. The van der Waals surface area contributed by atoms with Gasteiger partial charge in [0.15, 0.2) is 0 Å². The Bertz CT molecular complexity index is 357. The topological polar surface area (TPSA) is 0 Å². The van der Waals surface area contributed by atoms with E-state index in [4.69, 9.17) is 0 Å². The van der Waals surface area contributed by atoms with E-state index in [9.17, 15) is 0 Å². The van der Waals surface area contributed by atoms with Gasteiger partial charge in [-0.15, -0.1) is 23.5 Å². The second-order valence-electron chi connectivity index (χ2n) is 5.88. The van der Waals surface area contributed by atoms with Crippen molar-refractivity contribution in [1.29, 1.82) is 0 Å². The van der Waals surface area contributed by atoms with Gasteiger partial charge < -0.3 is 0 Å². The van der Waals surface area contributed by atoms with E-state index < -0.39 is 0 Å². The second kappa shape index (κ2) is 13.4. The summed E-state index contributed by atoms with van der Waals surface area (Å²) >= 11 is 4.07. The summed E-state index contributed by atoms with van der Waals surface area (Å²) in [4.78, 5) is 2.94. The molecule has 0 aliphatic carbocycles. The minimum atomic E-state index is 1.03. The van der Waals surface area contributed by atoms with Crippen molar-refractivity contribution >= 4 is 23.5 Å². The van der Waals surface area contributed by atoms with Gasteiger partial charge in [-0.05, 0) is 61.0 Å². The number of aryl methyl sites for hydroxylation is 1. The van der Waals surface area contributed by atoms with Gasteiger partial charge in [0.05, 0.1) is 0 Å². The Morgan fingerprint density at radius 2 is 1.32 bits per heavy atom. The second-order valence-corrected chi connectivity index (χ2v) is 8.22. The Balaban J connectivity index is 2.59. The molecule has 0 aliphatic rings. The average Bonchev–Trinajstić information content (AvgIpc) is 2.54. The van der Waals surface area contributed by atoms with Crippen molar-refractivity contribution < 1.29 is 0 Å². The van der Waals surface area contributed by atoms with Crippen molar-refractivity contribution in [2.24, 2.45) is 0 Å². The third kappa shape index (κ3) is 9.15. The molecule has 1 aromatic rings. The molecule has 0 saturated heterocycles. The van der Waals surface area contributed by atoms with Crippen LogP contribution in [0, 0.1) is 6.92 Å². The molecule has 1 radical (unpaired) electrons. The van der Waals surface area contributed by atoms with Crippen LogP contribution in [0.5, 0.6) is 0 Å². The van der Waals surface area contributed by atoms with Crippen LogP contribution < -0.4 is 0 Å². The Hall–Kier alpha value is -0.0800. The van der Waals surface area contributed by atoms with E-state index in [1.54, 1.807) is 0 Å². The highest BCUT2D eigenvalue weighted by Gasteiger charge is 2.03. The van der Waals surface area contributed by atoms with Crippen LogP contribution in [0.25, 0.3) is 0 Å². The van der Waals surface area contributed by atoms with Gasteiger partial charge in [0.1, 0.15) is 0 Å². The first-order valence-electron chi connectivity index (χ1n) is 8.99. The molecule has 0 aliphatic heterocycles. The van der Waals surface area contributed by atoms with Crippen molar-refractivity contribution in [3.63, 3.8) is 0 Å². The van der Waals surface area contributed by atoms with Crippen LogP contribution in [0.4, 0.5) is 0 Å². The van der Waals surface area contributed by atoms with E-state index in [1.165, 1.54) is 78.2 Å². The van der Waals surface area contributed by atoms with Crippen LogP contribution >= 0.6 is 23.5 Å². The Kier molecular flexibility index (Phi) is 12.1. The first-order chi connectivity index (χ1) is 10.8. The van der Waals surface area contributed by atoms with E-state index in [2.05, 4.69) is 39.0 Å². The SMILES string of the molecule is [CH2]CCCc1cc(SCCCCC)cc(SCCCCC)c1. The molecule has 0 saturated carbocycles. The van der Waals surface area contributed by atoms with Gasteiger partial charge >= 0.3 is 0 Å². The molecule has 0 spiro atoms. The zero-order valence-electron chi connectivity index (χ0n) is 14.5. The molecule has 0 unspecified atom stereocenters. The fraction of sp³-hybridized carbons (Fsp3) is 0.650. The van der Waals surface area contributed by atoms with Crippen LogP contribution in [0.3, 0.4) is 0 Å². The van der Waals surface area contributed by atoms with E-state index in [0.29, 0.717) is 0 Å². The summed E-state index contributed by atoms with van der Waals surface area (Å²) in [6.07, 6.45) is 11.4. The minimum absolute atomic E-state index is 1.03. The normalized spacial score (nSPS) is 11.0. The van der Waals surface area contributed by atoms with E-state index in [1.807, 2.05) is 23.5 Å². The molecule has 0 amide bonds. The molecule has 0 heterocycles. The van der Waals surface area contributed by atoms with Gasteiger partial charge in [-0.2, -0.15) is 0 Å². The van der Waals surface area contributed by atoms with E-state index >= 15 is 0 Å². The number of rotatable bonds is 13. The van der Waals surface area contributed by atoms with Crippen LogP contribution in [-0.2, 0) is 6.42 Å². The zero-order chi connectivity index (χ0) is 16.0. The number of benzene rings is 1. The molecular formula is C20H33S2. The Morgan fingerprint density at radius 3 is 1.77 bits per heavy atom. The smallest absolute Gasteiger partial charge is 0.00858 e. The molecule has 0 N–H and O–H groups in total. The van der Waals surface area contributed by atoms with Crippen LogP contribution in [0.1, 0.15) is 70.8 Å². The maximum absolute atomic E-state index is 3.98. The molecule has 1 rings (SSSR count). The lowest BCUT2D eigenvalue weighted by Gasteiger charge is -2.10. The van der Waals surface area contributed by atoms with Crippen molar-refractivity contribution in [3.8, 4) is 0 Å². The maximum Gasteiger partial charge on any atom is 0.00858 e. The lowest BCUT2D eigenvalue weighted by atomic mass is 10.1. The predicted octanol–water partition coefficient (Wildman–Crippen LogP) is 7.41. The highest BCUT2D eigenvalue weighted by molar-refractivity contribution is 8.00. The van der Waals surface area contributed by atoms with E-state index in [0.717, 1.165) is 6.42 Å². The van der Waals surface area contributed by atoms with Gasteiger partial charge in [0.25, 0.3) is 0 Å². The minimum Gasteiger partial charge on any atom is -0.126 e. The van der Waals surface area contributed by atoms with Crippen molar-refractivity contribution in [2.45, 2.75) is 81.4 Å². The summed E-state index contributed by atoms with van der Waals surface area (Å²) < 4.78 is 0. The van der Waals surface area contributed by atoms with Gasteiger partial charge in [-0.3, -0.25) is 0 Å². The third-order valence-electron chi connectivity index (χ3n) is 3.69. The molecule has 125 valence electrons. The number of thioether (sulfide) groups is 2. The standard InChI is InChI=1S/C20H33S2/c1-4-7-10-13-21-19-15-18(12-9-6-3)16-20(17-19)22-14-11-8-5-2/h15-17H,3-14H2,1-2H3. The van der Waals surface area contributed by atoms with Crippen LogP contribution in [-0.4, -0.2) is 11.5 Å². The fourth-order valence-electron chi connectivity index (χ4n) is 2.35. The highest BCUT2D eigenvalue weighted by Crippen LogP contribution is 2.29. The molecule has 0 atom stereocenters. The molecule has 0 bridgehead atoms. The van der Waals surface area contributed by atoms with Gasteiger partial charge in [0, 0.05) is 9.79 Å². The predicted molar refractivity (Wildman–Crippen MR) is 105 cm³/mol. The monoisotopic (exact) mass is 337 g/mol. The quantitative estimate of drug-likeness (QED) is 0.271. The number of hydrogen-bond donors (Lipinski definition) is 0. The first-order valence-corrected chi connectivity index (χ1v) is 11.0. The van der Waals surface area contributed by atoms with Crippen molar-refractivity contribution in [3.05, 3.63) is 30.7 Å². The maximum atomic E-state index is 3.98. The number of hydrogen-bond acceptors (Lipinski definition) is 2. The van der Waals surface area contributed by atoms with Gasteiger partial charge in [-0.1, -0.05) is 52.9 Å². The lowest BCUT2D eigenvalue weighted by Crippen LogP contribution is -1.89. The third-order valence-corrected chi connectivity index (χ3v) is 5.81. The molecule has 0 nitrogen and oxygen atoms in total. The summed E-state index contributed by atoms with van der Waals surface area (Å²) in [5.74, 6) is 2.51. The van der Waals surface area contributed by atoms with Gasteiger partial charge in [-0.25, -0.2) is 0 Å². The number of unbranched alkanes of at least 4 members (excludes halogenated alkanes) is 5. The molecule has 0 aromatic heterocycles. The van der Waals surface area contributed by atoms with Gasteiger partial charge in [0.2, 0.25) is 0 Å². The summed E-state index contributed by atoms with van der Waals surface area (Å²) in [6.45, 7) is 8.52. The van der Waals surface area contributed by atoms with E-state index in [-0.39, 0.29) is 0 Å². The summed E-state index contributed by atoms with van der Waals surface area (Å²) in [5.41, 5.74) is 1.50. The average molecular weight is 338 g/mol.